The zero-order valence-corrected chi connectivity index (χ0v) is 24.6. The summed E-state index contributed by atoms with van der Waals surface area (Å²) in [6.07, 6.45) is 1.97. The number of fused-ring (bicyclic) bond motifs is 2. The second-order valence-corrected chi connectivity index (χ2v) is 12.9. The molecule has 1 aromatic carbocycles. The minimum Gasteiger partial charge on any atom is -0.291 e. The van der Waals surface area contributed by atoms with Crippen molar-refractivity contribution in [1.29, 1.82) is 0 Å². The Hall–Kier alpha value is -4.17. The molecule has 3 aromatic heterocycles. The molecular formula is C30H28F4N6O3S. The number of benzene rings is 1. The fourth-order valence-electron chi connectivity index (χ4n) is 6.33. The Bertz CT molecular complexity index is 1860. The SMILES string of the molecule is CCN([C@H]1CCC2=Cc3c(cnn3-c3ccc(F)cc3)C[C@]2(C(=O)c2ccc(C(F)(F)F)cn2)C1)S(=O)(=O)c1ccn(C)n1. The lowest BCUT2D eigenvalue weighted by molar-refractivity contribution is -0.137. The van der Waals surface area contributed by atoms with Crippen LogP contribution in [0.25, 0.3) is 11.8 Å². The molecule has 3 heterocycles. The van der Waals surface area contributed by atoms with Crippen molar-refractivity contribution in [2.75, 3.05) is 6.54 Å². The fourth-order valence-corrected chi connectivity index (χ4v) is 7.95. The van der Waals surface area contributed by atoms with Crippen LogP contribution in [0, 0.1) is 11.2 Å². The van der Waals surface area contributed by atoms with Gasteiger partial charge in [-0.1, -0.05) is 12.5 Å². The van der Waals surface area contributed by atoms with E-state index in [1.54, 1.807) is 37.0 Å². The van der Waals surface area contributed by atoms with Gasteiger partial charge in [-0.25, -0.2) is 17.5 Å². The van der Waals surface area contributed by atoms with E-state index in [-0.39, 0.29) is 30.1 Å². The number of hydrogen-bond donors (Lipinski definition) is 0. The number of sulfonamides is 1. The highest BCUT2D eigenvalue weighted by Crippen LogP contribution is 2.51. The van der Waals surface area contributed by atoms with Gasteiger partial charge in [-0.3, -0.25) is 14.5 Å². The zero-order chi connectivity index (χ0) is 31.4. The van der Waals surface area contributed by atoms with E-state index in [0.717, 1.165) is 12.1 Å². The lowest BCUT2D eigenvalue weighted by Crippen LogP contribution is -2.50. The van der Waals surface area contributed by atoms with Gasteiger partial charge in [-0.15, -0.1) is 0 Å². The third kappa shape index (κ3) is 5.05. The molecule has 0 saturated heterocycles. The fraction of sp³-hybridized carbons (Fsp3) is 0.333. The van der Waals surface area contributed by atoms with Crippen LogP contribution in [0.4, 0.5) is 17.6 Å². The molecule has 2 aliphatic carbocycles. The van der Waals surface area contributed by atoms with Crippen molar-refractivity contribution < 1.29 is 30.8 Å². The second kappa shape index (κ2) is 10.8. The number of aryl methyl sites for hydroxylation is 1. The quantitative estimate of drug-likeness (QED) is 0.205. The first-order chi connectivity index (χ1) is 20.8. The van der Waals surface area contributed by atoms with Crippen molar-refractivity contribution >= 4 is 21.9 Å². The summed E-state index contributed by atoms with van der Waals surface area (Å²) in [5.74, 6) is -0.894. The Kier molecular flexibility index (Phi) is 7.31. The molecule has 44 heavy (non-hydrogen) atoms. The normalized spacial score (nSPS) is 20.2. The van der Waals surface area contributed by atoms with Crippen LogP contribution in [-0.4, -0.2) is 55.6 Å². The van der Waals surface area contributed by atoms with Crippen LogP contribution in [0.3, 0.4) is 0 Å². The first-order valence-corrected chi connectivity index (χ1v) is 15.4. The molecule has 1 saturated carbocycles. The summed E-state index contributed by atoms with van der Waals surface area (Å²) < 4.78 is 85.2. The van der Waals surface area contributed by atoms with E-state index in [1.807, 2.05) is 6.08 Å². The first-order valence-electron chi connectivity index (χ1n) is 14.0. The zero-order valence-electron chi connectivity index (χ0n) is 23.8. The number of aromatic nitrogens is 5. The standard InChI is InChI=1S/C30H28F4N6O3S/c1-3-39(44(42,43)27-12-13-38(2)37-27)24-8-4-20-14-26-19(17-36-40(26)23-9-6-22(31)7-10-23)15-29(20,16-24)28(41)25-11-5-21(18-35-25)30(32,33)34/h5-7,9-14,17-18,24H,3-4,8,15-16H2,1-2H3/t24-,29-/m0/s1. The summed E-state index contributed by atoms with van der Waals surface area (Å²) in [6.45, 7) is 1.84. The molecule has 6 rings (SSSR count). The van der Waals surface area contributed by atoms with Crippen molar-refractivity contribution in [3.63, 3.8) is 0 Å². The highest BCUT2D eigenvalue weighted by molar-refractivity contribution is 7.89. The lowest BCUT2D eigenvalue weighted by Gasteiger charge is -2.46. The molecule has 0 unspecified atom stereocenters. The predicted octanol–water partition coefficient (Wildman–Crippen LogP) is 5.23. The Morgan fingerprint density at radius 1 is 1.11 bits per heavy atom. The van der Waals surface area contributed by atoms with E-state index in [4.69, 9.17) is 0 Å². The molecule has 0 spiro atoms. The van der Waals surface area contributed by atoms with E-state index in [2.05, 4.69) is 15.2 Å². The van der Waals surface area contributed by atoms with E-state index < -0.39 is 44.8 Å². The monoisotopic (exact) mass is 628 g/mol. The number of carbonyl (C=O) groups excluding carboxylic acids is 1. The van der Waals surface area contributed by atoms with E-state index in [0.29, 0.717) is 41.6 Å². The van der Waals surface area contributed by atoms with Crippen molar-refractivity contribution in [3.05, 3.63) is 95.0 Å². The molecule has 2 aliphatic rings. The van der Waals surface area contributed by atoms with Crippen LogP contribution in [0.1, 0.15) is 53.5 Å². The predicted molar refractivity (Wildman–Crippen MR) is 152 cm³/mol. The maximum absolute atomic E-state index is 14.4. The largest absolute Gasteiger partial charge is 0.417 e. The number of alkyl halides is 3. The summed E-state index contributed by atoms with van der Waals surface area (Å²) in [5, 5.41) is 8.47. The third-order valence-electron chi connectivity index (χ3n) is 8.45. The molecule has 230 valence electrons. The third-order valence-corrected chi connectivity index (χ3v) is 10.4. The highest BCUT2D eigenvalue weighted by atomic mass is 32.2. The average Bonchev–Trinajstić information content (AvgIpc) is 3.62. The van der Waals surface area contributed by atoms with Crippen LogP contribution in [0.15, 0.2) is 71.7 Å². The van der Waals surface area contributed by atoms with Crippen LogP contribution < -0.4 is 0 Å². The number of hydrogen-bond acceptors (Lipinski definition) is 6. The lowest BCUT2D eigenvalue weighted by atomic mass is 9.60. The van der Waals surface area contributed by atoms with E-state index in [1.165, 1.54) is 33.4 Å². The van der Waals surface area contributed by atoms with Gasteiger partial charge in [0.1, 0.15) is 11.5 Å². The molecule has 0 radical (unpaired) electrons. The topological polar surface area (TPSA) is 103 Å². The van der Waals surface area contributed by atoms with Crippen LogP contribution >= 0.6 is 0 Å². The second-order valence-electron chi connectivity index (χ2n) is 11.1. The summed E-state index contributed by atoms with van der Waals surface area (Å²) in [6, 6.07) is 8.50. The van der Waals surface area contributed by atoms with Crippen molar-refractivity contribution in [2.24, 2.45) is 12.5 Å². The van der Waals surface area contributed by atoms with Gasteiger partial charge in [-0.05, 0) is 79.8 Å². The number of allylic oxidation sites excluding steroid dienone is 1. The number of Topliss-reactive ketones (excluding diaryl/α,β-unsaturated/α-hetero) is 1. The van der Waals surface area contributed by atoms with Gasteiger partial charge in [-0.2, -0.15) is 27.7 Å². The summed E-state index contributed by atoms with van der Waals surface area (Å²) in [5.41, 5.74) is 0.301. The molecule has 0 bridgehead atoms. The average molecular weight is 629 g/mol. The smallest absolute Gasteiger partial charge is 0.291 e. The van der Waals surface area contributed by atoms with Crippen molar-refractivity contribution in [3.8, 4) is 5.69 Å². The van der Waals surface area contributed by atoms with Crippen LogP contribution in [0.2, 0.25) is 0 Å². The number of rotatable bonds is 7. The Labute approximate surface area is 250 Å². The van der Waals surface area contributed by atoms with Crippen LogP contribution in [0.5, 0.6) is 0 Å². The number of nitrogens with zero attached hydrogens (tertiary/aromatic N) is 6. The number of ketones is 1. The van der Waals surface area contributed by atoms with Gasteiger partial charge < -0.3 is 0 Å². The number of halogens is 4. The van der Waals surface area contributed by atoms with Crippen molar-refractivity contribution in [1.82, 2.24) is 28.9 Å². The summed E-state index contributed by atoms with van der Waals surface area (Å²) >= 11 is 0. The van der Waals surface area contributed by atoms with Gasteiger partial charge in [0.2, 0.25) is 0 Å². The van der Waals surface area contributed by atoms with Crippen molar-refractivity contribution in [2.45, 2.75) is 49.9 Å². The van der Waals surface area contributed by atoms with Gasteiger partial charge >= 0.3 is 6.18 Å². The molecule has 14 heteroatoms. The number of carbonyl (C=O) groups is 1. The van der Waals surface area contributed by atoms with Gasteiger partial charge in [0.25, 0.3) is 10.0 Å². The maximum atomic E-state index is 14.4. The highest BCUT2D eigenvalue weighted by Gasteiger charge is 2.51. The van der Waals surface area contributed by atoms with Gasteiger partial charge in [0.15, 0.2) is 10.8 Å². The molecular weight excluding hydrogens is 600 g/mol. The van der Waals surface area contributed by atoms with Gasteiger partial charge in [0.05, 0.1) is 28.6 Å². The van der Waals surface area contributed by atoms with Gasteiger partial charge in [0, 0.05) is 32.0 Å². The maximum Gasteiger partial charge on any atom is 0.417 e. The first kappa shape index (κ1) is 29.9. The molecule has 1 fully saturated rings. The molecule has 0 aliphatic heterocycles. The van der Waals surface area contributed by atoms with E-state index >= 15 is 0 Å². The minimum atomic E-state index is -4.62. The molecule has 4 aromatic rings. The summed E-state index contributed by atoms with van der Waals surface area (Å²) in [4.78, 5) is 18.3. The molecule has 2 atom stereocenters. The molecule has 9 nitrogen and oxygen atoms in total. The van der Waals surface area contributed by atoms with E-state index in [9.17, 15) is 30.8 Å². The summed E-state index contributed by atoms with van der Waals surface area (Å²) in [7, 11) is -2.41. The number of pyridine rings is 1. The molecule has 0 N–H and O–H groups in total. The minimum absolute atomic E-state index is 0.0848. The Balaban J connectivity index is 1.43. The van der Waals surface area contributed by atoms with Crippen LogP contribution in [-0.2, 0) is 29.7 Å². The Morgan fingerprint density at radius 3 is 2.48 bits per heavy atom. The Morgan fingerprint density at radius 2 is 1.86 bits per heavy atom. The molecule has 0 amide bonds.